The average molecular weight is 563 g/mol. The molecule has 5 rings (SSSR count). The molecule has 4 N–H and O–H groups in total. The number of carbonyl (C=O) groups excluding carboxylic acids is 1. The number of nitrogens with one attached hydrogen (secondary N) is 4. The number of rotatable bonds is 4. The van der Waals surface area contributed by atoms with Crippen molar-refractivity contribution in [3.8, 4) is 16.9 Å². The molecule has 2 heterocycles. The van der Waals surface area contributed by atoms with Crippen molar-refractivity contribution in [1.82, 2.24) is 9.97 Å². The maximum absolute atomic E-state index is 13.4. The van der Waals surface area contributed by atoms with Gasteiger partial charge in [0.05, 0.1) is 21.7 Å². The Kier molecular flexibility index (Phi) is 7.67. The number of aromatic nitrogens is 2. The molecule has 0 fully saturated rings. The van der Waals surface area contributed by atoms with Crippen LogP contribution in [0.2, 0.25) is 5.02 Å². The highest BCUT2D eigenvalue weighted by atomic mass is 35.5. The lowest BCUT2D eigenvalue weighted by atomic mass is 10.1. The van der Waals surface area contributed by atoms with Gasteiger partial charge in [-0.15, -0.1) is 0 Å². The van der Waals surface area contributed by atoms with Crippen LogP contribution in [0.25, 0.3) is 11.1 Å². The molecule has 1 aliphatic rings. The predicted molar refractivity (Wildman–Crippen MR) is 155 cm³/mol. The van der Waals surface area contributed by atoms with Crippen molar-refractivity contribution in [3.63, 3.8) is 0 Å². The number of hydrogen-bond acceptors (Lipinski definition) is 8. The summed E-state index contributed by atoms with van der Waals surface area (Å²) in [6, 6.07) is 19.2. The van der Waals surface area contributed by atoms with E-state index in [1.165, 1.54) is 6.07 Å². The lowest BCUT2D eigenvalue weighted by Crippen LogP contribution is -2.14. The fraction of sp³-hybridized carbons (Fsp3) is 0.179. The molecule has 39 heavy (non-hydrogen) atoms. The first kappa shape index (κ1) is 26.5. The van der Waals surface area contributed by atoms with Crippen molar-refractivity contribution in [3.05, 3.63) is 83.5 Å². The van der Waals surface area contributed by atoms with Crippen LogP contribution in [-0.2, 0) is 9.73 Å². The van der Waals surface area contributed by atoms with E-state index in [1.807, 2.05) is 24.3 Å². The molecule has 0 aliphatic carbocycles. The topological polar surface area (TPSA) is 129 Å². The number of amides is 1. The van der Waals surface area contributed by atoms with Crippen LogP contribution in [0.1, 0.15) is 23.2 Å². The summed E-state index contributed by atoms with van der Waals surface area (Å²) >= 11 is 6.06. The van der Waals surface area contributed by atoms with Crippen LogP contribution in [0.5, 0.6) is 5.75 Å². The van der Waals surface area contributed by atoms with E-state index in [1.54, 1.807) is 49.7 Å². The molecule has 200 valence electrons. The number of anilines is 4. The molecule has 4 bridgehead atoms. The molecule has 0 spiro atoms. The van der Waals surface area contributed by atoms with Gasteiger partial charge in [-0.2, -0.15) is 4.98 Å². The molecule has 11 heteroatoms. The molecule has 1 aromatic heterocycles. The first-order chi connectivity index (χ1) is 18.8. The number of ether oxygens (including phenoxy) is 1. The van der Waals surface area contributed by atoms with Gasteiger partial charge >= 0.3 is 0 Å². The smallest absolute Gasteiger partial charge is 0.255 e. The summed E-state index contributed by atoms with van der Waals surface area (Å²) in [6.45, 7) is 0.583. The van der Waals surface area contributed by atoms with Crippen LogP contribution < -0.4 is 20.7 Å². The Morgan fingerprint density at radius 2 is 1.92 bits per heavy atom. The highest BCUT2D eigenvalue weighted by Gasteiger charge is 2.18. The third-order valence-corrected chi connectivity index (χ3v) is 8.32. The third-order valence-electron chi connectivity index (χ3n) is 6.23. The largest absolute Gasteiger partial charge is 0.497 e. The molecule has 0 radical (unpaired) electrons. The molecule has 1 atom stereocenters. The number of nitrogens with zero attached hydrogens (tertiary/aromatic N) is 2. The van der Waals surface area contributed by atoms with E-state index < -0.39 is 15.6 Å². The van der Waals surface area contributed by atoms with Crippen molar-refractivity contribution >= 4 is 50.4 Å². The van der Waals surface area contributed by atoms with Gasteiger partial charge in [0.1, 0.15) is 11.6 Å². The molecular formula is C28H27ClN6O3S. The first-order valence-corrected chi connectivity index (χ1v) is 14.4. The molecule has 1 unspecified atom stereocenters. The Hall–Kier alpha value is -4.15. The number of hydrogen-bond donors (Lipinski definition) is 4. The second-order valence-corrected chi connectivity index (χ2v) is 11.7. The number of benzene rings is 3. The Morgan fingerprint density at radius 3 is 2.69 bits per heavy atom. The van der Waals surface area contributed by atoms with Crippen molar-refractivity contribution in [2.45, 2.75) is 17.7 Å². The standard InChI is InChI=1S/C28H27ClN6O3S/c1-38-23-9-7-18(8-10-23)25-17-32-28-34-22-13-19(27(36)33-21-6-4-5-20(29)15-21)14-24(16-22)39(30,37)12-3-2-11-31-26(25)35-28/h4-10,13-17,30H,2-3,11-12H2,1H3,(H,33,36)(H2,31,32,34,35). The third kappa shape index (κ3) is 6.30. The van der Waals surface area contributed by atoms with Gasteiger partial charge in [-0.05, 0) is 66.9 Å². The van der Waals surface area contributed by atoms with Crippen LogP contribution in [0.4, 0.5) is 23.1 Å². The summed E-state index contributed by atoms with van der Waals surface area (Å²) in [5.41, 5.74) is 2.96. The van der Waals surface area contributed by atoms with Crippen LogP contribution in [0.3, 0.4) is 0 Å². The average Bonchev–Trinajstić information content (AvgIpc) is 2.93. The summed E-state index contributed by atoms with van der Waals surface area (Å²) in [7, 11) is -1.53. The van der Waals surface area contributed by atoms with Crippen LogP contribution in [0, 0.1) is 4.78 Å². The second kappa shape index (κ2) is 11.3. The zero-order valence-corrected chi connectivity index (χ0v) is 22.7. The van der Waals surface area contributed by atoms with E-state index in [2.05, 4.69) is 20.9 Å². The predicted octanol–water partition coefficient (Wildman–Crippen LogP) is 6.41. The van der Waals surface area contributed by atoms with E-state index >= 15 is 0 Å². The number of fused-ring (bicyclic) bond motifs is 4. The van der Waals surface area contributed by atoms with Gasteiger partial charge < -0.3 is 20.7 Å². The SMILES string of the molecule is COc1ccc(-c2cnc3nc2NCCCCS(=N)(=O)c2cc(cc(C(=O)Nc4cccc(Cl)c4)c2)N3)cc1. The lowest BCUT2D eigenvalue weighted by molar-refractivity contribution is 0.102. The minimum absolute atomic E-state index is 0.169. The van der Waals surface area contributed by atoms with Crippen molar-refractivity contribution in [2.24, 2.45) is 0 Å². The molecule has 0 saturated carbocycles. The highest BCUT2D eigenvalue weighted by Crippen LogP contribution is 2.30. The quantitative estimate of drug-likeness (QED) is 0.226. The normalized spacial score (nSPS) is 16.9. The fourth-order valence-corrected chi connectivity index (χ4v) is 5.88. The summed E-state index contributed by atoms with van der Waals surface area (Å²) in [6.07, 6.45) is 2.97. The Bertz CT molecular complexity index is 1630. The van der Waals surface area contributed by atoms with Gasteiger partial charge in [0, 0.05) is 46.0 Å². The number of halogens is 1. The van der Waals surface area contributed by atoms with E-state index in [0.29, 0.717) is 47.6 Å². The Morgan fingerprint density at radius 1 is 1.10 bits per heavy atom. The zero-order valence-electron chi connectivity index (χ0n) is 21.2. The summed E-state index contributed by atoms with van der Waals surface area (Å²) in [5.74, 6) is 1.43. The number of methoxy groups -OCH3 is 1. The molecule has 3 aromatic carbocycles. The molecular weight excluding hydrogens is 536 g/mol. The van der Waals surface area contributed by atoms with Gasteiger partial charge in [-0.25, -0.2) is 14.0 Å². The zero-order chi connectivity index (χ0) is 27.4. The van der Waals surface area contributed by atoms with E-state index in [4.69, 9.17) is 26.1 Å². The molecule has 4 aromatic rings. The summed E-state index contributed by atoms with van der Waals surface area (Å²) in [5, 5.41) is 9.79. The van der Waals surface area contributed by atoms with Crippen LogP contribution in [0.15, 0.2) is 77.8 Å². The van der Waals surface area contributed by atoms with Crippen LogP contribution >= 0.6 is 11.6 Å². The van der Waals surface area contributed by atoms with E-state index in [0.717, 1.165) is 16.9 Å². The van der Waals surface area contributed by atoms with Gasteiger partial charge in [0.25, 0.3) is 5.91 Å². The molecule has 1 aliphatic heterocycles. The molecule has 9 nitrogen and oxygen atoms in total. The van der Waals surface area contributed by atoms with Crippen LogP contribution in [-0.4, -0.2) is 39.5 Å². The maximum atomic E-state index is 13.4. The van der Waals surface area contributed by atoms with Crippen molar-refractivity contribution in [1.29, 1.82) is 4.78 Å². The van der Waals surface area contributed by atoms with E-state index in [-0.39, 0.29) is 16.2 Å². The second-order valence-electron chi connectivity index (χ2n) is 9.03. The first-order valence-electron chi connectivity index (χ1n) is 12.3. The minimum atomic E-state index is -3.15. The molecule has 0 saturated heterocycles. The van der Waals surface area contributed by atoms with Crippen molar-refractivity contribution in [2.75, 3.05) is 35.4 Å². The Balaban J connectivity index is 1.52. The van der Waals surface area contributed by atoms with Crippen molar-refractivity contribution < 1.29 is 13.7 Å². The summed E-state index contributed by atoms with van der Waals surface area (Å²) < 4.78 is 27.3. The lowest BCUT2D eigenvalue weighted by Gasteiger charge is -2.14. The minimum Gasteiger partial charge on any atom is -0.497 e. The monoisotopic (exact) mass is 562 g/mol. The van der Waals surface area contributed by atoms with E-state index in [9.17, 15) is 9.00 Å². The maximum Gasteiger partial charge on any atom is 0.255 e. The van der Waals surface area contributed by atoms with Gasteiger partial charge in [0.15, 0.2) is 0 Å². The number of carbonyl (C=O) groups is 1. The van der Waals surface area contributed by atoms with Gasteiger partial charge in [-0.3, -0.25) is 4.79 Å². The summed E-state index contributed by atoms with van der Waals surface area (Å²) in [4.78, 5) is 22.6. The Labute approximate surface area is 232 Å². The van der Waals surface area contributed by atoms with Gasteiger partial charge in [0.2, 0.25) is 5.95 Å². The van der Waals surface area contributed by atoms with Gasteiger partial charge in [-0.1, -0.05) is 29.8 Å². The molecule has 1 amide bonds. The highest BCUT2D eigenvalue weighted by molar-refractivity contribution is 7.92. The fourth-order valence-electron chi connectivity index (χ4n) is 4.20.